The predicted molar refractivity (Wildman–Crippen MR) is 117 cm³/mol. The number of fused-ring (bicyclic) bond motifs is 7. The molecule has 4 aromatic carbocycles. The molecule has 0 atom stereocenters. The molecule has 1 aliphatic carbocycles. The molecule has 0 aliphatic heterocycles. The van der Waals surface area contributed by atoms with E-state index in [-0.39, 0.29) is 5.41 Å². The van der Waals surface area contributed by atoms with Crippen molar-refractivity contribution in [2.45, 2.75) is 19.3 Å². The molecule has 0 radical (unpaired) electrons. The van der Waals surface area contributed by atoms with E-state index >= 15 is 0 Å². The maximum Gasteiger partial charge on any atom is 0.143 e. The van der Waals surface area contributed by atoms with Crippen LogP contribution >= 0.6 is 0 Å². The van der Waals surface area contributed by atoms with Gasteiger partial charge in [-0.2, -0.15) is 0 Å². The first kappa shape index (κ1) is 15.7. The fourth-order valence-electron chi connectivity index (χ4n) is 4.90. The topological polar surface area (TPSA) is 13.1 Å². The van der Waals surface area contributed by atoms with Gasteiger partial charge in [0.15, 0.2) is 0 Å². The Morgan fingerprint density at radius 2 is 1.39 bits per heavy atom. The number of hydrogen-bond acceptors (Lipinski definition) is 1. The van der Waals surface area contributed by atoms with Crippen LogP contribution in [0.3, 0.4) is 0 Å². The molecule has 0 saturated carbocycles. The summed E-state index contributed by atoms with van der Waals surface area (Å²) in [5, 5.41) is 2.43. The predicted octanol–water partition coefficient (Wildman–Crippen LogP) is 7.56. The summed E-state index contributed by atoms with van der Waals surface area (Å²) < 4.78 is 6.45. The van der Waals surface area contributed by atoms with Crippen LogP contribution in [0.5, 0.6) is 0 Å². The average molecular weight is 360 g/mol. The van der Waals surface area contributed by atoms with Gasteiger partial charge >= 0.3 is 0 Å². The van der Waals surface area contributed by atoms with Gasteiger partial charge in [-0.15, -0.1) is 0 Å². The van der Waals surface area contributed by atoms with Crippen LogP contribution in [0.2, 0.25) is 0 Å². The van der Waals surface area contributed by atoms with Crippen LogP contribution in [0.25, 0.3) is 44.2 Å². The number of furan rings is 1. The van der Waals surface area contributed by atoms with Gasteiger partial charge < -0.3 is 4.42 Å². The number of hydrogen-bond donors (Lipinski definition) is 0. The number of para-hydroxylation sites is 1. The molecule has 0 unspecified atom stereocenters. The molecule has 28 heavy (non-hydrogen) atoms. The Balaban J connectivity index is 1.87. The van der Waals surface area contributed by atoms with Crippen molar-refractivity contribution >= 4 is 21.9 Å². The van der Waals surface area contributed by atoms with Gasteiger partial charge in [0, 0.05) is 21.8 Å². The highest BCUT2D eigenvalue weighted by Gasteiger charge is 2.38. The highest BCUT2D eigenvalue weighted by atomic mass is 16.3. The van der Waals surface area contributed by atoms with E-state index in [9.17, 15) is 0 Å². The molecule has 0 fully saturated rings. The minimum atomic E-state index is -0.0397. The van der Waals surface area contributed by atoms with Crippen LogP contribution < -0.4 is 0 Å². The van der Waals surface area contributed by atoms with Crippen molar-refractivity contribution < 1.29 is 4.42 Å². The van der Waals surface area contributed by atoms with Crippen molar-refractivity contribution in [3.63, 3.8) is 0 Å². The molecule has 134 valence electrons. The van der Waals surface area contributed by atoms with E-state index in [1.807, 2.05) is 6.07 Å². The second-order valence-electron chi connectivity index (χ2n) is 8.19. The molecular weight excluding hydrogens is 340 g/mol. The van der Waals surface area contributed by atoms with Crippen LogP contribution in [0.4, 0.5) is 0 Å². The summed E-state index contributed by atoms with van der Waals surface area (Å²) in [6, 6.07) is 30.2. The highest BCUT2D eigenvalue weighted by Crippen LogP contribution is 2.54. The summed E-state index contributed by atoms with van der Waals surface area (Å²) in [6.45, 7) is 4.67. The first-order valence-corrected chi connectivity index (χ1v) is 9.80. The van der Waals surface area contributed by atoms with E-state index in [0.717, 1.165) is 11.2 Å². The van der Waals surface area contributed by atoms with Crippen LogP contribution in [-0.4, -0.2) is 0 Å². The van der Waals surface area contributed by atoms with E-state index in [1.54, 1.807) is 0 Å². The Morgan fingerprint density at radius 3 is 2.25 bits per heavy atom. The van der Waals surface area contributed by atoms with Gasteiger partial charge in [0.2, 0.25) is 0 Å². The largest absolute Gasteiger partial charge is 0.455 e. The lowest BCUT2D eigenvalue weighted by Crippen LogP contribution is -2.15. The first-order valence-electron chi connectivity index (χ1n) is 9.80. The molecule has 1 heteroatoms. The maximum absolute atomic E-state index is 6.45. The summed E-state index contributed by atoms with van der Waals surface area (Å²) in [4.78, 5) is 0. The fourth-order valence-corrected chi connectivity index (χ4v) is 4.90. The molecule has 5 aromatic rings. The standard InChI is InChI=1S/C27H20O/c1-27(2)21-14-8-6-12-18(21)24-22(27)16-20(17-10-4-3-5-11-17)26-25(24)19-13-7-9-15-23(19)28-26/h3-16H,1-2H3. The summed E-state index contributed by atoms with van der Waals surface area (Å²) in [5.74, 6) is 0. The minimum absolute atomic E-state index is 0.0397. The van der Waals surface area contributed by atoms with Crippen molar-refractivity contribution in [2.75, 3.05) is 0 Å². The molecule has 1 nitrogen and oxygen atoms in total. The van der Waals surface area contributed by atoms with Crippen LogP contribution in [-0.2, 0) is 5.41 Å². The Morgan fingerprint density at radius 1 is 0.679 bits per heavy atom. The van der Waals surface area contributed by atoms with Crippen molar-refractivity contribution in [1.29, 1.82) is 0 Å². The van der Waals surface area contributed by atoms with E-state index in [4.69, 9.17) is 4.42 Å². The Bertz CT molecular complexity index is 1370. The molecule has 0 bridgehead atoms. The number of benzene rings is 4. The smallest absolute Gasteiger partial charge is 0.143 e. The Kier molecular flexibility index (Phi) is 3.01. The van der Waals surface area contributed by atoms with E-state index in [0.29, 0.717) is 0 Å². The normalized spacial score (nSPS) is 14.4. The summed E-state index contributed by atoms with van der Waals surface area (Å²) in [5.41, 5.74) is 9.70. The van der Waals surface area contributed by atoms with Crippen LogP contribution in [0, 0.1) is 0 Å². The van der Waals surface area contributed by atoms with E-state index < -0.39 is 0 Å². The third-order valence-electron chi connectivity index (χ3n) is 6.28. The van der Waals surface area contributed by atoms with Crippen molar-refractivity contribution in [2.24, 2.45) is 0 Å². The van der Waals surface area contributed by atoms with Gasteiger partial charge in [0.1, 0.15) is 11.2 Å². The second kappa shape index (κ2) is 5.36. The lowest BCUT2D eigenvalue weighted by atomic mass is 9.81. The molecule has 0 saturated heterocycles. The third-order valence-corrected chi connectivity index (χ3v) is 6.28. The molecule has 1 heterocycles. The Hall–Kier alpha value is -3.32. The zero-order valence-corrected chi connectivity index (χ0v) is 16.0. The molecule has 1 aromatic heterocycles. The summed E-state index contributed by atoms with van der Waals surface area (Å²) in [6.07, 6.45) is 0. The van der Waals surface area contributed by atoms with Gasteiger partial charge in [0.25, 0.3) is 0 Å². The Labute approximate surface area is 164 Å². The molecule has 1 aliphatic rings. The molecular formula is C27H20O. The second-order valence-corrected chi connectivity index (χ2v) is 8.19. The maximum atomic E-state index is 6.45. The number of rotatable bonds is 1. The van der Waals surface area contributed by atoms with Crippen molar-refractivity contribution in [3.05, 3.63) is 96.1 Å². The zero-order chi connectivity index (χ0) is 18.9. The van der Waals surface area contributed by atoms with Gasteiger partial charge in [0.05, 0.1) is 0 Å². The van der Waals surface area contributed by atoms with E-state index in [2.05, 4.69) is 92.7 Å². The fraction of sp³-hybridized carbons (Fsp3) is 0.111. The van der Waals surface area contributed by atoms with Gasteiger partial charge in [-0.05, 0) is 39.9 Å². The lowest BCUT2D eigenvalue weighted by molar-refractivity contribution is 0.657. The van der Waals surface area contributed by atoms with Crippen molar-refractivity contribution in [3.8, 4) is 22.3 Å². The van der Waals surface area contributed by atoms with E-state index in [1.165, 1.54) is 44.2 Å². The van der Waals surface area contributed by atoms with Crippen molar-refractivity contribution in [1.82, 2.24) is 0 Å². The molecule has 0 amide bonds. The van der Waals surface area contributed by atoms with Crippen LogP contribution in [0.1, 0.15) is 25.0 Å². The SMILES string of the molecule is CC1(C)c2ccccc2-c2c1cc(-c1ccccc1)c1oc3ccccc3c21. The quantitative estimate of drug-likeness (QED) is 0.300. The molecule has 6 rings (SSSR count). The molecule has 0 spiro atoms. The zero-order valence-electron chi connectivity index (χ0n) is 16.0. The van der Waals surface area contributed by atoms with Gasteiger partial charge in [-0.1, -0.05) is 86.6 Å². The van der Waals surface area contributed by atoms with Crippen LogP contribution in [0.15, 0.2) is 89.3 Å². The minimum Gasteiger partial charge on any atom is -0.455 e. The monoisotopic (exact) mass is 360 g/mol. The summed E-state index contributed by atoms with van der Waals surface area (Å²) in [7, 11) is 0. The lowest BCUT2D eigenvalue weighted by Gasteiger charge is -2.22. The summed E-state index contributed by atoms with van der Waals surface area (Å²) >= 11 is 0. The highest BCUT2D eigenvalue weighted by molar-refractivity contribution is 6.18. The third kappa shape index (κ3) is 1.91. The van der Waals surface area contributed by atoms with Gasteiger partial charge in [-0.25, -0.2) is 0 Å². The first-order chi connectivity index (χ1) is 13.7. The molecule has 0 N–H and O–H groups in total. The average Bonchev–Trinajstić information content (AvgIpc) is 3.22. The van der Waals surface area contributed by atoms with Gasteiger partial charge in [-0.3, -0.25) is 0 Å².